The van der Waals surface area contributed by atoms with Crippen molar-refractivity contribution in [3.63, 3.8) is 0 Å². The summed E-state index contributed by atoms with van der Waals surface area (Å²) in [4.78, 5) is 12.1. The fourth-order valence-corrected chi connectivity index (χ4v) is 22.6. The average Bonchev–Trinajstić information content (AvgIpc) is 3.05. The molecule has 1 unspecified atom stereocenters. The molecule has 0 saturated heterocycles. The van der Waals surface area contributed by atoms with Gasteiger partial charge in [-0.15, -0.1) is 0 Å². The number of carbonyl (C=O) groups excluding carboxylic acids is 1. The van der Waals surface area contributed by atoms with Gasteiger partial charge in [-0.05, 0) is 0 Å². The van der Waals surface area contributed by atoms with E-state index in [0.29, 0.717) is 5.56 Å². The molecule has 1 atom stereocenters. The Kier molecular flexibility index (Phi) is 14.6. The van der Waals surface area contributed by atoms with Crippen molar-refractivity contribution in [2.75, 3.05) is 7.11 Å². The predicted molar refractivity (Wildman–Crippen MR) is 182 cm³/mol. The molecule has 0 fully saturated rings. The standard InChI is InChI=1S/C24H23NO3P.3C4H9.Sn/c1-3-10-23(19-15-17-20(18-16-19)24(26)28-2)25-29(27,21-11-6-4-7-12-21)22-13-8-5-9-14-22;3*1-3-4-2;/h1,3-9,11-18,23H,10H2,2H3,(H,25,27);3*1,3-4H2,2H3;. The van der Waals surface area contributed by atoms with Crippen LogP contribution >= 0.6 is 7.29 Å². The van der Waals surface area contributed by atoms with Gasteiger partial charge < -0.3 is 0 Å². The fourth-order valence-electron chi connectivity index (χ4n) is 5.69. The van der Waals surface area contributed by atoms with Crippen LogP contribution in [0.25, 0.3) is 0 Å². The molecule has 3 aromatic carbocycles. The summed E-state index contributed by atoms with van der Waals surface area (Å²) >= 11 is -2.49. The SMILES string of the molecule is CCC[CH2][Sn](/[CH]=C/CC(NP(=O)(c1ccccc1)c1ccccc1)c1ccc(C(=O)OC)cc1)([CH2]CCC)[CH2]CCC. The average molecular weight is 694 g/mol. The summed E-state index contributed by atoms with van der Waals surface area (Å²) in [5, 5.41) is 5.25. The van der Waals surface area contributed by atoms with Crippen molar-refractivity contribution in [1.29, 1.82) is 0 Å². The summed E-state index contributed by atoms with van der Waals surface area (Å²) in [5.41, 5.74) is 1.52. The summed E-state index contributed by atoms with van der Waals surface area (Å²) in [6, 6.07) is 26.9. The van der Waals surface area contributed by atoms with Crippen molar-refractivity contribution in [3.05, 3.63) is 106 Å². The van der Waals surface area contributed by atoms with Crippen LogP contribution in [0.15, 0.2) is 95.1 Å². The third kappa shape index (κ3) is 9.69. The number of ether oxygens (including phenoxy) is 1. The number of rotatable bonds is 18. The molecule has 3 aromatic rings. The normalized spacial score (nSPS) is 12.9. The van der Waals surface area contributed by atoms with Crippen LogP contribution in [-0.2, 0) is 9.30 Å². The molecule has 0 amide bonds. The van der Waals surface area contributed by atoms with E-state index < -0.39 is 25.7 Å². The van der Waals surface area contributed by atoms with Crippen LogP contribution in [0.5, 0.6) is 0 Å². The Bertz CT molecular complexity index is 1210. The maximum atomic E-state index is 15.0. The second kappa shape index (κ2) is 17.8. The number of carbonyl (C=O) groups is 1. The van der Waals surface area contributed by atoms with Gasteiger partial charge in [0.15, 0.2) is 0 Å². The fraction of sp³-hybridized carbons (Fsp3) is 0.417. The molecule has 0 bridgehead atoms. The Hall–Kier alpha value is -2.14. The van der Waals surface area contributed by atoms with Gasteiger partial charge in [0.25, 0.3) is 0 Å². The molecule has 4 nitrogen and oxygen atoms in total. The third-order valence-corrected chi connectivity index (χ3v) is 25.2. The molecule has 3 rings (SSSR count). The topological polar surface area (TPSA) is 55.4 Å². The molecule has 0 aliphatic rings. The van der Waals surface area contributed by atoms with Crippen LogP contribution in [0.3, 0.4) is 0 Å². The van der Waals surface area contributed by atoms with Gasteiger partial charge in [-0.25, -0.2) is 0 Å². The van der Waals surface area contributed by atoms with Crippen molar-refractivity contribution in [1.82, 2.24) is 5.09 Å². The summed E-state index contributed by atoms with van der Waals surface area (Å²) < 4.78 is 26.9. The number of hydrogen-bond donors (Lipinski definition) is 1. The van der Waals surface area contributed by atoms with Gasteiger partial charge in [-0.3, -0.25) is 0 Å². The first-order valence-electron chi connectivity index (χ1n) is 15.8. The van der Waals surface area contributed by atoms with Crippen LogP contribution in [0, 0.1) is 0 Å². The first-order valence-corrected chi connectivity index (χ1v) is 25.2. The zero-order valence-corrected chi connectivity index (χ0v) is 29.8. The molecule has 0 aromatic heterocycles. The van der Waals surface area contributed by atoms with Gasteiger partial charge >= 0.3 is 260 Å². The molecule has 1 N–H and O–H groups in total. The quantitative estimate of drug-likeness (QED) is 0.0820. The third-order valence-electron chi connectivity index (χ3n) is 8.24. The second-order valence-electron chi connectivity index (χ2n) is 11.4. The molecule has 226 valence electrons. The van der Waals surface area contributed by atoms with E-state index in [4.69, 9.17) is 4.74 Å². The van der Waals surface area contributed by atoms with Gasteiger partial charge in [0.05, 0.1) is 0 Å². The number of esters is 1. The van der Waals surface area contributed by atoms with Gasteiger partial charge in [0.1, 0.15) is 0 Å². The molecule has 0 aliphatic heterocycles. The molecule has 6 heteroatoms. The van der Waals surface area contributed by atoms with Crippen LogP contribution in [0.1, 0.15) is 87.7 Å². The number of unbranched alkanes of at least 4 members (excludes halogenated alkanes) is 3. The minimum absolute atomic E-state index is 0.188. The molecule has 0 aliphatic carbocycles. The van der Waals surface area contributed by atoms with E-state index in [-0.39, 0.29) is 12.0 Å². The van der Waals surface area contributed by atoms with Crippen molar-refractivity contribution in [2.24, 2.45) is 0 Å². The Labute approximate surface area is 258 Å². The van der Waals surface area contributed by atoms with Crippen LogP contribution in [0.4, 0.5) is 0 Å². The van der Waals surface area contributed by atoms with Gasteiger partial charge in [0.2, 0.25) is 0 Å². The van der Waals surface area contributed by atoms with E-state index in [1.807, 2.05) is 84.9 Å². The number of methoxy groups -OCH3 is 1. The number of nitrogens with one attached hydrogen (secondary N) is 1. The Morgan fingerprint density at radius 1 is 0.786 bits per heavy atom. The summed E-state index contributed by atoms with van der Waals surface area (Å²) in [6.45, 7) is 6.92. The summed E-state index contributed by atoms with van der Waals surface area (Å²) in [6.07, 6.45) is 10.9. The van der Waals surface area contributed by atoms with Crippen molar-refractivity contribution >= 4 is 42.2 Å². The van der Waals surface area contributed by atoms with Gasteiger partial charge in [0, 0.05) is 0 Å². The molecule has 0 spiro atoms. The van der Waals surface area contributed by atoms with E-state index in [0.717, 1.165) is 22.6 Å². The van der Waals surface area contributed by atoms with Crippen molar-refractivity contribution < 1.29 is 14.1 Å². The number of hydrogen-bond acceptors (Lipinski definition) is 3. The van der Waals surface area contributed by atoms with Crippen LogP contribution in [-0.4, -0.2) is 31.5 Å². The van der Waals surface area contributed by atoms with E-state index in [2.05, 4.69) is 36.0 Å². The van der Waals surface area contributed by atoms with E-state index in [1.54, 1.807) is 0 Å². The van der Waals surface area contributed by atoms with Crippen LogP contribution in [0.2, 0.25) is 13.3 Å². The molecular weight excluding hydrogens is 644 g/mol. The van der Waals surface area contributed by atoms with Crippen molar-refractivity contribution in [2.45, 2.75) is 85.1 Å². The second-order valence-corrected chi connectivity index (χ2v) is 26.9. The monoisotopic (exact) mass is 695 g/mol. The zero-order chi connectivity index (χ0) is 30.3. The molecule has 0 radical (unpaired) electrons. The van der Waals surface area contributed by atoms with Gasteiger partial charge in [-0.2, -0.15) is 0 Å². The van der Waals surface area contributed by atoms with Crippen molar-refractivity contribution in [3.8, 4) is 0 Å². The Morgan fingerprint density at radius 2 is 1.26 bits per heavy atom. The molecule has 42 heavy (non-hydrogen) atoms. The predicted octanol–water partition coefficient (Wildman–Crippen LogP) is 9.37. The van der Waals surface area contributed by atoms with E-state index in [1.165, 1.54) is 58.9 Å². The van der Waals surface area contributed by atoms with Gasteiger partial charge in [-0.1, -0.05) is 0 Å². The van der Waals surface area contributed by atoms with E-state index in [9.17, 15) is 4.79 Å². The summed E-state index contributed by atoms with van der Waals surface area (Å²) in [7, 11) is -1.78. The summed E-state index contributed by atoms with van der Waals surface area (Å²) in [5.74, 6) is -0.355. The Morgan fingerprint density at radius 3 is 1.69 bits per heavy atom. The number of benzene rings is 3. The molecular formula is C36H50NO3PSn. The maximum absolute atomic E-state index is 15.0. The molecule has 0 saturated carbocycles. The first kappa shape index (κ1) is 34.4. The molecule has 0 heterocycles. The van der Waals surface area contributed by atoms with E-state index >= 15 is 4.57 Å². The van der Waals surface area contributed by atoms with Crippen LogP contribution < -0.4 is 15.7 Å². The Balaban J connectivity index is 2.03. The first-order chi connectivity index (χ1) is 20.4. The zero-order valence-electron chi connectivity index (χ0n) is 26.1. The minimum atomic E-state index is -3.17.